The van der Waals surface area contributed by atoms with Gasteiger partial charge in [0.05, 0.1) is 39.3 Å². The fourth-order valence-corrected chi connectivity index (χ4v) is 7.75. The lowest BCUT2D eigenvalue weighted by Crippen LogP contribution is -2.28. The summed E-state index contributed by atoms with van der Waals surface area (Å²) >= 11 is 0. The third-order valence-electron chi connectivity index (χ3n) is 9.30. The summed E-state index contributed by atoms with van der Waals surface area (Å²) < 4.78 is 74.4. The first-order valence-corrected chi connectivity index (χ1v) is 22.2. The number of hydrogen-bond acceptors (Lipinski definition) is 16. The molecular formula is C40H50N4O14S2. The summed E-state index contributed by atoms with van der Waals surface area (Å²) in [6.07, 6.45) is -1.20. The third kappa shape index (κ3) is 12.8. The number of carbonyl (C=O) groups is 2. The van der Waals surface area contributed by atoms with E-state index in [0.717, 1.165) is 45.9 Å². The van der Waals surface area contributed by atoms with Crippen molar-refractivity contribution in [2.24, 2.45) is 0 Å². The normalized spacial score (nSPS) is 12.7. The van der Waals surface area contributed by atoms with Gasteiger partial charge in [0.15, 0.2) is 19.7 Å². The minimum absolute atomic E-state index is 0.0269. The molecule has 326 valence electrons. The molecule has 0 spiro atoms. The van der Waals surface area contributed by atoms with Crippen molar-refractivity contribution >= 4 is 31.6 Å². The molecule has 6 N–H and O–H groups in total. The van der Waals surface area contributed by atoms with Gasteiger partial charge < -0.3 is 50.0 Å². The van der Waals surface area contributed by atoms with Crippen LogP contribution in [0.4, 0.5) is 0 Å². The van der Waals surface area contributed by atoms with Gasteiger partial charge in [-0.3, -0.25) is 9.59 Å². The molecule has 2 atom stereocenters. The van der Waals surface area contributed by atoms with Crippen LogP contribution in [0.1, 0.15) is 46.2 Å². The minimum atomic E-state index is -3.85. The Hall–Kier alpha value is -5.38. The second kappa shape index (κ2) is 20.7. The molecule has 4 aromatic rings. The van der Waals surface area contributed by atoms with Crippen molar-refractivity contribution in [1.29, 1.82) is 0 Å². The summed E-state index contributed by atoms with van der Waals surface area (Å²) in [5.74, 6) is -2.52. The van der Waals surface area contributed by atoms with Gasteiger partial charge in [-0.15, -0.1) is 0 Å². The monoisotopic (exact) mass is 874 g/mol. The van der Waals surface area contributed by atoms with Crippen LogP contribution in [0.2, 0.25) is 0 Å². The van der Waals surface area contributed by atoms with E-state index in [1.54, 1.807) is 0 Å². The summed E-state index contributed by atoms with van der Waals surface area (Å²) in [7, 11) is -4.98. The molecule has 0 aliphatic rings. The van der Waals surface area contributed by atoms with Crippen molar-refractivity contribution in [3.63, 3.8) is 0 Å². The zero-order chi connectivity index (χ0) is 44.4. The SMILES string of the molecule is COc1nc(OCc2cccc(-c3cccc(COc4nc(OC)c(CNCC(O)CC(=O)O)cc4S(C)(=O)=O)c3C)c2C)c(S(C)(=O)=O)cc1CNCC(O)CC(=O)O. The Morgan fingerprint density at radius 3 is 1.32 bits per heavy atom. The second-order valence-corrected chi connectivity index (χ2v) is 18.0. The van der Waals surface area contributed by atoms with Crippen molar-refractivity contribution in [1.82, 2.24) is 20.6 Å². The van der Waals surface area contributed by atoms with Crippen LogP contribution in [-0.2, 0) is 55.6 Å². The van der Waals surface area contributed by atoms with Crippen molar-refractivity contribution in [3.8, 4) is 34.6 Å². The van der Waals surface area contributed by atoms with Crippen LogP contribution in [0, 0.1) is 13.8 Å². The summed E-state index contributed by atoms with van der Waals surface area (Å²) in [4.78, 5) is 30.1. The molecule has 0 amide bonds. The van der Waals surface area contributed by atoms with Gasteiger partial charge in [-0.05, 0) is 59.4 Å². The largest absolute Gasteiger partial charge is 0.481 e. The Balaban J connectivity index is 1.56. The van der Waals surface area contributed by atoms with Crippen LogP contribution in [0.3, 0.4) is 0 Å². The van der Waals surface area contributed by atoms with Gasteiger partial charge in [0.1, 0.15) is 23.0 Å². The second-order valence-electron chi connectivity index (χ2n) is 14.0. The highest BCUT2D eigenvalue weighted by molar-refractivity contribution is 7.91. The number of methoxy groups -OCH3 is 2. The smallest absolute Gasteiger partial charge is 0.306 e. The molecule has 0 saturated carbocycles. The summed E-state index contributed by atoms with van der Waals surface area (Å²) in [5.41, 5.74) is 5.51. The molecule has 4 rings (SSSR count). The van der Waals surface area contributed by atoms with E-state index < -0.39 is 56.7 Å². The van der Waals surface area contributed by atoms with E-state index in [-0.39, 0.29) is 72.7 Å². The molecule has 0 saturated heterocycles. The van der Waals surface area contributed by atoms with E-state index in [9.17, 15) is 36.6 Å². The number of aliphatic hydroxyl groups is 2. The maximum atomic E-state index is 12.9. The fraction of sp³-hybridized carbons (Fsp3) is 0.400. The van der Waals surface area contributed by atoms with Gasteiger partial charge in [-0.2, -0.15) is 9.97 Å². The van der Waals surface area contributed by atoms with E-state index in [0.29, 0.717) is 11.1 Å². The van der Waals surface area contributed by atoms with Crippen LogP contribution in [0.25, 0.3) is 11.1 Å². The molecule has 2 unspecified atom stereocenters. The van der Waals surface area contributed by atoms with Gasteiger partial charge >= 0.3 is 11.9 Å². The average molecular weight is 875 g/mol. The number of aromatic nitrogens is 2. The van der Waals surface area contributed by atoms with Crippen molar-refractivity contribution in [2.45, 2.75) is 75.0 Å². The van der Waals surface area contributed by atoms with Crippen molar-refractivity contribution in [3.05, 3.63) is 81.9 Å². The number of aliphatic carboxylic acids is 2. The van der Waals surface area contributed by atoms with Crippen LogP contribution in [-0.4, -0.2) is 111 Å². The zero-order valence-electron chi connectivity index (χ0n) is 34.0. The highest BCUT2D eigenvalue weighted by Gasteiger charge is 2.24. The Bertz CT molecular complexity index is 2240. The molecule has 2 aromatic heterocycles. The van der Waals surface area contributed by atoms with Crippen LogP contribution in [0.5, 0.6) is 23.5 Å². The summed E-state index contributed by atoms with van der Waals surface area (Å²) in [6.45, 7) is 3.59. The predicted molar refractivity (Wildman–Crippen MR) is 218 cm³/mol. The molecule has 0 aliphatic heterocycles. The van der Waals surface area contributed by atoms with Gasteiger partial charge in [0.2, 0.25) is 23.5 Å². The number of rotatable bonds is 23. The topological polar surface area (TPSA) is 270 Å². The van der Waals surface area contributed by atoms with Crippen LogP contribution < -0.4 is 29.6 Å². The molecule has 18 nitrogen and oxygen atoms in total. The van der Waals surface area contributed by atoms with Gasteiger partial charge in [-0.1, -0.05) is 36.4 Å². The molecule has 20 heteroatoms. The fourth-order valence-electron chi connectivity index (χ4n) is 6.20. The number of sulfone groups is 2. The molecule has 0 bridgehead atoms. The van der Waals surface area contributed by atoms with E-state index >= 15 is 0 Å². The molecule has 60 heavy (non-hydrogen) atoms. The molecular weight excluding hydrogens is 825 g/mol. The van der Waals surface area contributed by atoms with Crippen LogP contribution in [0.15, 0.2) is 58.3 Å². The number of hydrogen-bond donors (Lipinski definition) is 6. The average Bonchev–Trinajstić information content (AvgIpc) is 3.16. The predicted octanol–water partition coefficient (Wildman–Crippen LogP) is 2.59. The molecule has 2 heterocycles. The Morgan fingerprint density at radius 1 is 0.633 bits per heavy atom. The number of nitrogens with zero attached hydrogens (tertiary/aromatic N) is 2. The number of ether oxygens (including phenoxy) is 4. The maximum absolute atomic E-state index is 12.9. The third-order valence-corrected chi connectivity index (χ3v) is 11.5. The highest BCUT2D eigenvalue weighted by Crippen LogP contribution is 2.34. The standard InChI is InChI=1S/C40H50N4O14S2/c1-23-25(21-57-39-33(59(5,51)52)13-27(37(43-39)55-3)17-41-19-29(45)15-35(47)48)9-7-11-31(23)32-12-8-10-26(24(32)2)22-58-40-34(60(6,53)54)14-28(38(44-40)56-4)18-42-20-30(46)16-36(49)50/h7-14,29-30,41-42,45-46H,15-22H2,1-6H3,(H,47,48)(H,49,50). The molecule has 0 radical (unpaired) electrons. The summed E-state index contributed by atoms with van der Waals surface area (Å²) in [6, 6.07) is 13.9. The maximum Gasteiger partial charge on any atom is 0.306 e. The van der Waals surface area contributed by atoms with Crippen molar-refractivity contribution < 1.29 is 65.8 Å². The molecule has 0 aliphatic carbocycles. The van der Waals surface area contributed by atoms with Crippen LogP contribution >= 0.6 is 0 Å². The number of carboxylic acid groups (broad SMARTS) is 2. The van der Waals surface area contributed by atoms with E-state index in [4.69, 9.17) is 29.2 Å². The zero-order valence-corrected chi connectivity index (χ0v) is 35.6. The summed E-state index contributed by atoms with van der Waals surface area (Å²) in [5, 5.41) is 43.3. The van der Waals surface area contributed by atoms with Gasteiger partial charge in [0.25, 0.3) is 0 Å². The number of pyridine rings is 2. The molecule has 0 fully saturated rings. The number of aliphatic hydroxyl groups excluding tert-OH is 2. The van der Waals surface area contributed by atoms with E-state index in [2.05, 4.69) is 20.6 Å². The van der Waals surface area contributed by atoms with Crippen molar-refractivity contribution in [2.75, 3.05) is 39.8 Å². The first kappa shape index (κ1) is 47.3. The lowest BCUT2D eigenvalue weighted by Gasteiger charge is -2.18. The Labute approximate surface area is 348 Å². The Morgan fingerprint density at radius 2 is 1.00 bits per heavy atom. The highest BCUT2D eigenvalue weighted by atomic mass is 32.2. The minimum Gasteiger partial charge on any atom is -0.481 e. The van der Waals surface area contributed by atoms with E-state index in [1.165, 1.54) is 26.4 Å². The quantitative estimate of drug-likeness (QED) is 0.0625. The molecule has 2 aromatic carbocycles. The number of carboxylic acids is 2. The Kier molecular flexibility index (Phi) is 16.3. The van der Waals surface area contributed by atoms with Gasteiger partial charge in [0, 0.05) is 49.8 Å². The number of benzene rings is 2. The lowest BCUT2D eigenvalue weighted by molar-refractivity contribution is -0.140. The first-order chi connectivity index (χ1) is 28.2. The number of nitrogens with one attached hydrogen (secondary N) is 2. The first-order valence-electron chi connectivity index (χ1n) is 18.4. The van der Waals surface area contributed by atoms with Gasteiger partial charge in [-0.25, -0.2) is 16.8 Å². The van der Waals surface area contributed by atoms with E-state index in [1.807, 2.05) is 50.2 Å². The lowest BCUT2D eigenvalue weighted by atomic mass is 9.92.